The van der Waals surface area contributed by atoms with Crippen molar-refractivity contribution in [1.82, 2.24) is 5.32 Å². The molecule has 0 aliphatic carbocycles. The van der Waals surface area contributed by atoms with Gasteiger partial charge in [0.25, 0.3) is 0 Å². The van der Waals surface area contributed by atoms with Crippen LogP contribution in [0.1, 0.15) is 12.7 Å². The lowest BCUT2D eigenvalue weighted by Gasteiger charge is -2.01. The summed E-state index contributed by atoms with van der Waals surface area (Å²) in [7, 11) is -0.674. The predicted octanol–water partition coefficient (Wildman–Crippen LogP) is 1.74. The van der Waals surface area contributed by atoms with Gasteiger partial charge in [-0.25, -0.2) is 0 Å². The lowest BCUT2D eigenvalue weighted by molar-refractivity contribution is 0.467. The Morgan fingerprint density at radius 3 is 2.93 bits per heavy atom. The maximum Gasteiger partial charge on any atom is 0.164 e. The fourth-order valence-electron chi connectivity index (χ4n) is 0.989. The van der Waals surface area contributed by atoms with Crippen LogP contribution < -0.4 is 5.32 Å². The van der Waals surface area contributed by atoms with Crippen LogP contribution in [-0.2, 0) is 17.3 Å². The zero-order chi connectivity index (χ0) is 10.4. The lowest BCUT2D eigenvalue weighted by Crippen LogP contribution is -2.20. The van der Waals surface area contributed by atoms with Crippen LogP contribution in [0.15, 0.2) is 16.5 Å². The molecule has 1 unspecified atom stereocenters. The second kappa shape index (κ2) is 6.58. The smallest absolute Gasteiger partial charge is 0.164 e. The number of furan rings is 1. The van der Waals surface area contributed by atoms with Crippen LogP contribution >= 0.6 is 22.6 Å². The van der Waals surface area contributed by atoms with E-state index in [1.54, 1.807) is 0 Å². The Hall–Kier alpha value is 0.120. The van der Waals surface area contributed by atoms with Crippen LogP contribution in [0.4, 0.5) is 0 Å². The van der Waals surface area contributed by atoms with Crippen LogP contribution in [0.3, 0.4) is 0 Å². The van der Waals surface area contributed by atoms with Crippen molar-refractivity contribution in [2.24, 2.45) is 0 Å². The zero-order valence-corrected chi connectivity index (χ0v) is 11.1. The summed E-state index contributed by atoms with van der Waals surface area (Å²) < 4.78 is 17.3. The maximum absolute atomic E-state index is 11.1. The van der Waals surface area contributed by atoms with Gasteiger partial charge in [0, 0.05) is 28.9 Å². The second-order valence-electron chi connectivity index (χ2n) is 2.82. The molecule has 1 atom stereocenters. The largest absolute Gasteiger partial charge is 0.454 e. The van der Waals surface area contributed by atoms with Gasteiger partial charge in [-0.2, -0.15) is 0 Å². The molecule has 1 N–H and O–H groups in total. The molecule has 0 spiro atoms. The standard InChI is InChI=1S/C9H14INO2S/c1-2-14(12)6-5-11-7-8-3-4-9(10)13-8/h3-4,11H,2,5-7H2,1H3. The van der Waals surface area contributed by atoms with Gasteiger partial charge in [-0.15, -0.1) is 0 Å². The lowest BCUT2D eigenvalue weighted by atomic mass is 10.4. The van der Waals surface area contributed by atoms with E-state index in [-0.39, 0.29) is 0 Å². The summed E-state index contributed by atoms with van der Waals surface area (Å²) in [4.78, 5) is 0. The number of hydrogen-bond donors (Lipinski definition) is 1. The van der Waals surface area contributed by atoms with Gasteiger partial charge in [-0.1, -0.05) is 6.92 Å². The van der Waals surface area contributed by atoms with E-state index in [0.29, 0.717) is 12.3 Å². The quantitative estimate of drug-likeness (QED) is 0.639. The molecule has 0 aliphatic rings. The Bertz CT molecular complexity index is 301. The molecule has 0 saturated heterocycles. The van der Waals surface area contributed by atoms with Gasteiger partial charge in [0.2, 0.25) is 0 Å². The summed E-state index contributed by atoms with van der Waals surface area (Å²) in [6.07, 6.45) is 0. The molecular formula is C9H14INO2S. The molecule has 0 bridgehead atoms. The van der Waals surface area contributed by atoms with Gasteiger partial charge in [-0.3, -0.25) is 4.21 Å². The summed E-state index contributed by atoms with van der Waals surface area (Å²) in [6, 6.07) is 3.88. The highest BCUT2D eigenvalue weighted by Crippen LogP contribution is 2.09. The maximum atomic E-state index is 11.1. The van der Waals surface area contributed by atoms with Crippen molar-refractivity contribution in [3.63, 3.8) is 0 Å². The highest BCUT2D eigenvalue weighted by atomic mass is 127. The van der Waals surface area contributed by atoms with Crippen molar-refractivity contribution in [2.45, 2.75) is 13.5 Å². The fourth-order valence-corrected chi connectivity index (χ4v) is 2.11. The van der Waals surface area contributed by atoms with Crippen LogP contribution in [0.2, 0.25) is 0 Å². The molecule has 1 aromatic rings. The molecule has 1 aromatic heterocycles. The topological polar surface area (TPSA) is 42.2 Å². The van der Waals surface area contributed by atoms with Gasteiger partial charge in [0.05, 0.1) is 6.54 Å². The Balaban J connectivity index is 2.13. The number of nitrogens with one attached hydrogen (secondary N) is 1. The predicted molar refractivity (Wildman–Crippen MR) is 66.7 cm³/mol. The summed E-state index contributed by atoms with van der Waals surface area (Å²) in [5, 5.41) is 3.19. The molecule has 0 amide bonds. The van der Waals surface area contributed by atoms with Crippen molar-refractivity contribution in [3.8, 4) is 0 Å². The van der Waals surface area contributed by atoms with E-state index in [9.17, 15) is 4.21 Å². The van der Waals surface area contributed by atoms with Crippen LogP contribution in [0, 0.1) is 3.77 Å². The van der Waals surface area contributed by atoms with Crippen molar-refractivity contribution < 1.29 is 8.63 Å². The third kappa shape index (κ3) is 4.56. The summed E-state index contributed by atoms with van der Waals surface area (Å²) in [5.74, 6) is 2.38. The monoisotopic (exact) mass is 327 g/mol. The Morgan fingerprint density at radius 1 is 1.57 bits per heavy atom. The summed E-state index contributed by atoms with van der Waals surface area (Å²) in [6.45, 7) is 3.42. The van der Waals surface area contributed by atoms with Gasteiger partial charge in [-0.05, 0) is 34.7 Å². The van der Waals surface area contributed by atoms with Crippen molar-refractivity contribution in [2.75, 3.05) is 18.1 Å². The molecule has 0 saturated carbocycles. The normalized spacial score (nSPS) is 13.0. The van der Waals surface area contributed by atoms with Crippen molar-refractivity contribution >= 4 is 33.4 Å². The van der Waals surface area contributed by atoms with E-state index in [4.69, 9.17) is 4.42 Å². The average molecular weight is 327 g/mol. The molecule has 3 nitrogen and oxygen atoms in total. The highest BCUT2D eigenvalue weighted by Gasteiger charge is 1.99. The molecule has 14 heavy (non-hydrogen) atoms. The van der Waals surface area contributed by atoms with E-state index in [1.807, 2.05) is 19.1 Å². The Labute approximate surface area is 100 Å². The van der Waals surface area contributed by atoms with E-state index in [0.717, 1.165) is 21.8 Å². The number of rotatable bonds is 6. The van der Waals surface area contributed by atoms with E-state index < -0.39 is 10.8 Å². The minimum atomic E-state index is -0.674. The third-order valence-corrected chi connectivity index (χ3v) is 3.64. The molecule has 80 valence electrons. The molecule has 1 heterocycles. The van der Waals surface area contributed by atoms with Crippen LogP contribution in [0.5, 0.6) is 0 Å². The first-order valence-corrected chi connectivity index (χ1v) is 7.09. The van der Waals surface area contributed by atoms with Crippen LogP contribution in [0.25, 0.3) is 0 Å². The zero-order valence-electron chi connectivity index (χ0n) is 8.09. The first kappa shape index (κ1) is 12.2. The first-order valence-electron chi connectivity index (χ1n) is 4.52. The minimum Gasteiger partial charge on any atom is -0.454 e. The molecule has 1 rings (SSSR count). The van der Waals surface area contributed by atoms with Gasteiger partial charge < -0.3 is 9.73 Å². The molecule has 0 fully saturated rings. The van der Waals surface area contributed by atoms with Crippen LogP contribution in [-0.4, -0.2) is 22.3 Å². The Kier molecular flexibility index (Phi) is 5.73. The van der Waals surface area contributed by atoms with Gasteiger partial charge in [0.15, 0.2) is 3.77 Å². The Morgan fingerprint density at radius 2 is 2.36 bits per heavy atom. The molecule has 5 heteroatoms. The SMILES string of the molecule is CCS(=O)CCNCc1ccc(I)o1. The molecular weight excluding hydrogens is 313 g/mol. The van der Waals surface area contributed by atoms with Gasteiger partial charge >= 0.3 is 0 Å². The number of halogens is 1. The molecule has 0 aliphatic heterocycles. The van der Waals surface area contributed by atoms with E-state index >= 15 is 0 Å². The summed E-state index contributed by atoms with van der Waals surface area (Å²) >= 11 is 2.14. The average Bonchev–Trinajstić information content (AvgIpc) is 2.58. The second-order valence-corrected chi connectivity index (χ2v) is 5.74. The first-order chi connectivity index (χ1) is 6.72. The molecule has 0 aromatic carbocycles. The van der Waals surface area contributed by atoms with Crippen molar-refractivity contribution in [1.29, 1.82) is 0 Å². The highest BCUT2D eigenvalue weighted by molar-refractivity contribution is 14.1. The van der Waals surface area contributed by atoms with Crippen molar-refractivity contribution in [3.05, 3.63) is 21.7 Å². The number of hydrogen-bond acceptors (Lipinski definition) is 3. The summed E-state index contributed by atoms with van der Waals surface area (Å²) in [5.41, 5.74) is 0. The molecule has 0 radical (unpaired) electrons. The van der Waals surface area contributed by atoms with E-state index in [1.165, 1.54) is 0 Å². The van der Waals surface area contributed by atoms with Gasteiger partial charge in [0.1, 0.15) is 5.76 Å². The van der Waals surface area contributed by atoms with E-state index in [2.05, 4.69) is 27.9 Å². The minimum absolute atomic E-state index is 0.674. The third-order valence-electron chi connectivity index (χ3n) is 1.76. The fraction of sp³-hybridized carbons (Fsp3) is 0.556.